The Morgan fingerprint density at radius 1 is 1.09 bits per heavy atom. The van der Waals surface area contributed by atoms with E-state index in [2.05, 4.69) is 0 Å². The van der Waals surface area contributed by atoms with Crippen LogP contribution in [0.25, 0.3) is 0 Å². The van der Waals surface area contributed by atoms with Gasteiger partial charge in [0.15, 0.2) is 0 Å². The summed E-state index contributed by atoms with van der Waals surface area (Å²) in [7, 11) is 0. The molecule has 4 aliphatic heterocycles. The fourth-order valence-corrected chi connectivity index (χ4v) is 6.17. The van der Waals surface area contributed by atoms with Gasteiger partial charge in [-0.2, -0.15) is 0 Å². The highest BCUT2D eigenvalue weighted by Crippen LogP contribution is 2.53. The van der Waals surface area contributed by atoms with Crippen LogP contribution in [0, 0.1) is 25.7 Å². The van der Waals surface area contributed by atoms with Gasteiger partial charge in [-0.15, -0.1) is 0 Å². The molecule has 5 rings (SSSR count). The molecular weight excluding hydrogens is 448 g/mol. The van der Waals surface area contributed by atoms with Crippen molar-refractivity contribution in [3.8, 4) is 0 Å². The number of anilines is 1. The van der Waals surface area contributed by atoms with Crippen molar-refractivity contribution >= 4 is 23.5 Å². The SMILES string of the molecule is Cc1cccc(C)c1N1CC=C[C@]23O[C@@H]4C=CCCOC(=O)[C@@H]4[C@H]2C(=O)N(CCCCO)C3C1=O. The van der Waals surface area contributed by atoms with Crippen LogP contribution in [-0.4, -0.2) is 71.8 Å². The van der Waals surface area contributed by atoms with E-state index in [0.29, 0.717) is 32.4 Å². The van der Waals surface area contributed by atoms with Crippen LogP contribution in [0.15, 0.2) is 42.5 Å². The number of ether oxygens (including phenoxy) is 2. The van der Waals surface area contributed by atoms with Gasteiger partial charge >= 0.3 is 5.97 Å². The molecule has 0 saturated carbocycles. The maximum Gasteiger partial charge on any atom is 0.312 e. The van der Waals surface area contributed by atoms with Crippen molar-refractivity contribution < 1.29 is 29.0 Å². The second kappa shape index (κ2) is 9.24. The number of carbonyl (C=O) groups excluding carboxylic acids is 3. The molecule has 1 spiro atoms. The number of cyclic esters (lactones) is 1. The molecule has 4 aliphatic rings. The summed E-state index contributed by atoms with van der Waals surface area (Å²) in [5.41, 5.74) is 1.50. The number of amides is 2. The minimum Gasteiger partial charge on any atom is -0.465 e. The number of unbranched alkanes of at least 4 members (excludes halogenated alkanes) is 1. The molecule has 8 nitrogen and oxygen atoms in total. The number of aryl methyl sites for hydroxylation is 2. The number of carbonyl (C=O) groups is 3. The van der Waals surface area contributed by atoms with Crippen molar-refractivity contribution in [2.24, 2.45) is 11.8 Å². The van der Waals surface area contributed by atoms with E-state index in [0.717, 1.165) is 16.8 Å². The quantitative estimate of drug-likeness (QED) is 0.394. The van der Waals surface area contributed by atoms with E-state index in [-0.39, 0.29) is 25.0 Å². The van der Waals surface area contributed by atoms with Gasteiger partial charge < -0.3 is 24.4 Å². The lowest BCUT2D eigenvalue weighted by atomic mass is 9.77. The second-order valence-corrected chi connectivity index (χ2v) is 9.78. The number of rotatable bonds is 5. The minimum absolute atomic E-state index is 0.00195. The van der Waals surface area contributed by atoms with E-state index < -0.39 is 35.6 Å². The van der Waals surface area contributed by atoms with Crippen molar-refractivity contribution in [3.05, 3.63) is 53.6 Å². The van der Waals surface area contributed by atoms with Crippen LogP contribution in [-0.2, 0) is 23.9 Å². The highest BCUT2D eigenvalue weighted by Gasteiger charge is 2.71. The zero-order chi connectivity index (χ0) is 24.7. The molecule has 0 radical (unpaired) electrons. The Kier molecular flexibility index (Phi) is 6.27. The lowest BCUT2D eigenvalue weighted by Crippen LogP contribution is -2.55. The smallest absolute Gasteiger partial charge is 0.312 e. The van der Waals surface area contributed by atoms with Gasteiger partial charge in [0, 0.05) is 25.4 Å². The summed E-state index contributed by atoms with van der Waals surface area (Å²) in [5.74, 6) is -2.61. The van der Waals surface area contributed by atoms with Crippen LogP contribution in [0.2, 0.25) is 0 Å². The third-order valence-corrected chi connectivity index (χ3v) is 7.64. The molecule has 0 aliphatic carbocycles. The van der Waals surface area contributed by atoms with Crippen molar-refractivity contribution in [2.45, 2.75) is 50.9 Å². The van der Waals surface area contributed by atoms with Crippen LogP contribution in [0.5, 0.6) is 0 Å². The number of esters is 1. The Bertz CT molecular complexity index is 1080. The van der Waals surface area contributed by atoms with Gasteiger partial charge in [0.2, 0.25) is 5.91 Å². The predicted octanol–water partition coefficient (Wildman–Crippen LogP) is 2.06. The third kappa shape index (κ3) is 3.70. The lowest BCUT2D eigenvalue weighted by molar-refractivity contribution is -0.154. The van der Waals surface area contributed by atoms with Crippen LogP contribution in [0.4, 0.5) is 5.69 Å². The Hall–Kier alpha value is -2.97. The van der Waals surface area contributed by atoms with Gasteiger partial charge in [-0.1, -0.05) is 42.5 Å². The maximum absolute atomic E-state index is 14.3. The van der Waals surface area contributed by atoms with Crippen molar-refractivity contribution in [1.82, 2.24) is 4.90 Å². The predicted molar refractivity (Wildman–Crippen MR) is 129 cm³/mol. The molecule has 1 aromatic carbocycles. The number of hydrogen-bond acceptors (Lipinski definition) is 6. The zero-order valence-electron chi connectivity index (χ0n) is 20.2. The molecule has 5 atom stereocenters. The molecule has 0 aromatic heterocycles. The van der Waals surface area contributed by atoms with Gasteiger partial charge in [0.1, 0.15) is 17.6 Å². The standard InChI is InChI=1S/C27H32N2O6/c1-17-9-7-10-18(2)22(17)28-14-8-12-27-21(20-19(35-27)11-3-6-16-34-26(20)33)24(31)29(13-4-5-15-30)23(27)25(28)32/h3,7-12,19-21,23,30H,4-6,13-16H2,1-2H3/t19-,20+,21+,23?,27+/m1/s1. The van der Waals surface area contributed by atoms with Crippen molar-refractivity contribution in [1.29, 1.82) is 0 Å². The first-order valence-electron chi connectivity index (χ1n) is 12.4. The molecule has 35 heavy (non-hydrogen) atoms. The number of aliphatic hydroxyl groups excluding tert-OH is 1. The van der Waals surface area contributed by atoms with E-state index >= 15 is 0 Å². The Labute approximate surface area is 205 Å². The number of fused-ring (bicyclic) bond motifs is 2. The number of hydrogen-bond donors (Lipinski definition) is 1. The molecule has 0 bridgehead atoms. The van der Waals surface area contributed by atoms with E-state index in [1.807, 2.05) is 56.4 Å². The largest absolute Gasteiger partial charge is 0.465 e. The number of nitrogens with zero attached hydrogens (tertiary/aromatic N) is 2. The molecule has 2 amide bonds. The number of para-hydroxylation sites is 1. The van der Waals surface area contributed by atoms with Crippen LogP contribution in [0.3, 0.4) is 0 Å². The van der Waals surface area contributed by atoms with Gasteiger partial charge in [-0.3, -0.25) is 14.4 Å². The molecule has 1 unspecified atom stereocenters. The summed E-state index contributed by atoms with van der Waals surface area (Å²) in [6.07, 6.45) is 8.46. The summed E-state index contributed by atoms with van der Waals surface area (Å²) in [4.78, 5) is 44.6. The van der Waals surface area contributed by atoms with E-state index in [1.54, 1.807) is 9.80 Å². The lowest BCUT2D eigenvalue weighted by Gasteiger charge is -2.36. The fraction of sp³-hybridized carbons (Fsp3) is 0.519. The van der Waals surface area contributed by atoms with Gasteiger partial charge in [0.05, 0.1) is 18.6 Å². The van der Waals surface area contributed by atoms with Crippen molar-refractivity contribution in [2.75, 3.05) is 31.2 Å². The average Bonchev–Trinajstić information content (AvgIpc) is 3.19. The molecule has 186 valence electrons. The van der Waals surface area contributed by atoms with Gasteiger partial charge in [-0.05, 0) is 44.2 Å². The molecular formula is C27H32N2O6. The summed E-state index contributed by atoms with van der Waals surface area (Å²) in [6.45, 7) is 4.83. The first-order valence-corrected chi connectivity index (χ1v) is 12.4. The topological polar surface area (TPSA) is 96.4 Å². The first-order chi connectivity index (χ1) is 16.9. The molecule has 2 saturated heterocycles. The second-order valence-electron chi connectivity index (χ2n) is 9.78. The van der Waals surface area contributed by atoms with Crippen LogP contribution < -0.4 is 4.90 Å². The third-order valence-electron chi connectivity index (χ3n) is 7.64. The molecule has 1 N–H and O–H groups in total. The summed E-state index contributed by atoms with van der Waals surface area (Å²) < 4.78 is 12.0. The highest BCUT2D eigenvalue weighted by molar-refractivity contribution is 6.06. The van der Waals surface area contributed by atoms with Crippen LogP contribution in [0.1, 0.15) is 30.4 Å². The van der Waals surface area contributed by atoms with Crippen molar-refractivity contribution in [3.63, 3.8) is 0 Å². The Balaban J connectivity index is 1.62. The summed E-state index contributed by atoms with van der Waals surface area (Å²) in [5, 5.41) is 9.31. The van der Waals surface area contributed by atoms with Gasteiger partial charge in [-0.25, -0.2) is 0 Å². The number of aliphatic hydroxyl groups is 1. The molecule has 2 fully saturated rings. The van der Waals surface area contributed by atoms with Crippen LogP contribution >= 0.6 is 0 Å². The zero-order valence-corrected chi connectivity index (χ0v) is 20.2. The summed E-state index contributed by atoms with van der Waals surface area (Å²) >= 11 is 0. The van der Waals surface area contributed by atoms with Gasteiger partial charge in [0.25, 0.3) is 5.91 Å². The number of likely N-dealkylation sites (tertiary alicyclic amines) is 1. The molecule has 1 aromatic rings. The highest BCUT2D eigenvalue weighted by atomic mass is 16.6. The Morgan fingerprint density at radius 3 is 2.60 bits per heavy atom. The van der Waals surface area contributed by atoms with E-state index in [1.165, 1.54) is 0 Å². The normalized spacial score (nSPS) is 32.0. The van der Waals surface area contributed by atoms with E-state index in [4.69, 9.17) is 9.47 Å². The van der Waals surface area contributed by atoms with E-state index in [9.17, 15) is 19.5 Å². The Morgan fingerprint density at radius 2 is 1.86 bits per heavy atom. The fourth-order valence-electron chi connectivity index (χ4n) is 6.17. The molecule has 8 heteroatoms. The molecule has 4 heterocycles. The average molecular weight is 481 g/mol. The summed E-state index contributed by atoms with van der Waals surface area (Å²) in [6, 6.07) is 4.98. The minimum atomic E-state index is -1.26. The number of benzene rings is 1. The maximum atomic E-state index is 14.3. The monoisotopic (exact) mass is 480 g/mol. The first kappa shape index (κ1) is 23.8.